The number of hydrogen-bond donors (Lipinski definition) is 2. The van der Waals surface area contributed by atoms with Gasteiger partial charge in [-0.3, -0.25) is 14.3 Å². The van der Waals surface area contributed by atoms with Crippen LogP contribution in [0.4, 0.5) is 4.79 Å². The van der Waals surface area contributed by atoms with E-state index >= 15 is 0 Å². The van der Waals surface area contributed by atoms with Crippen molar-refractivity contribution in [2.24, 2.45) is 0 Å². The first kappa shape index (κ1) is 30.0. The van der Waals surface area contributed by atoms with Crippen LogP contribution in [-0.4, -0.2) is 101 Å². The average Bonchev–Trinajstić information content (AvgIpc) is 3.38. The Hall–Kier alpha value is -3.05. The summed E-state index contributed by atoms with van der Waals surface area (Å²) in [7, 11) is 0. The summed E-state index contributed by atoms with van der Waals surface area (Å²) >= 11 is 12.4. The van der Waals surface area contributed by atoms with Crippen molar-refractivity contribution in [2.45, 2.75) is 50.3 Å². The van der Waals surface area contributed by atoms with E-state index in [0.717, 1.165) is 55.6 Å². The Morgan fingerprint density at radius 3 is 2.30 bits per heavy atom. The smallest absolute Gasteiger partial charge is 0.410 e. The molecule has 10 nitrogen and oxygen atoms in total. The molecule has 2 aromatic carbocycles. The number of benzene rings is 2. The summed E-state index contributed by atoms with van der Waals surface area (Å²) < 4.78 is 7.76. The Bertz CT molecular complexity index is 1500. The number of ether oxygens (including phenoxy) is 1. The number of hydrogen-bond acceptors (Lipinski definition) is 6. The number of nitrogens with zero attached hydrogens (tertiary/aromatic N) is 4. The second kappa shape index (κ2) is 13.3. The fourth-order valence-corrected chi connectivity index (χ4v) is 7.00. The molecule has 3 fully saturated rings. The van der Waals surface area contributed by atoms with Gasteiger partial charge in [0, 0.05) is 57.8 Å². The average molecular weight is 630 g/mol. The number of carbonyl (C=O) groups is 2. The van der Waals surface area contributed by atoms with Gasteiger partial charge in [0.15, 0.2) is 6.10 Å². The fraction of sp³-hybridized carbons (Fsp3) is 0.516. The molecule has 3 saturated heterocycles. The highest BCUT2D eigenvalue weighted by Gasteiger charge is 2.35. The minimum atomic E-state index is -0.982. The maximum Gasteiger partial charge on any atom is 0.410 e. The zero-order valence-electron chi connectivity index (χ0n) is 24.1. The molecule has 0 spiro atoms. The Morgan fingerprint density at radius 1 is 0.860 bits per heavy atom. The molecule has 1 aromatic heterocycles. The molecule has 0 saturated carbocycles. The van der Waals surface area contributed by atoms with Crippen LogP contribution in [0.5, 0.6) is 0 Å². The lowest BCUT2D eigenvalue weighted by Crippen LogP contribution is -2.56. The molecule has 0 bridgehead atoms. The molecule has 1 atom stereocenters. The lowest BCUT2D eigenvalue weighted by atomic mass is 10.0. The SMILES string of the molecule is O=C(O[C@H](Cc1ccc(Cl)c(Cl)c1)C(=O)N1CCN(C2CCNCC2)CC1)N1CCC(n2c(=O)[nH]c3ccccc32)CC1. The number of aromatic nitrogens is 2. The predicted molar refractivity (Wildman–Crippen MR) is 167 cm³/mol. The Labute approximate surface area is 260 Å². The van der Waals surface area contributed by atoms with Crippen LogP contribution in [0.15, 0.2) is 47.3 Å². The standard InChI is InChI=1S/C31H38Cl2N6O4/c32-24-6-5-21(19-25(24)33)20-28(29(40)37-17-15-36(16-18-37)22-7-11-34-12-8-22)43-31(42)38-13-9-23(10-14-38)39-27-4-2-1-3-26(27)35-30(39)41/h1-6,19,22-23,28,34H,7-18,20H2,(H,35,41)/t28-/m1/s1. The van der Waals surface area contributed by atoms with Gasteiger partial charge in [0.25, 0.3) is 5.91 Å². The predicted octanol–water partition coefficient (Wildman–Crippen LogP) is 3.92. The van der Waals surface area contributed by atoms with Crippen LogP contribution < -0.4 is 11.0 Å². The number of imidazole rings is 1. The first-order valence-corrected chi connectivity index (χ1v) is 16.0. The second-order valence-corrected chi connectivity index (χ2v) is 12.5. The van der Waals surface area contributed by atoms with E-state index in [2.05, 4.69) is 15.2 Å². The number of rotatable bonds is 6. The number of carbonyl (C=O) groups excluding carboxylic acids is 2. The zero-order chi connectivity index (χ0) is 29.9. The van der Waals surface area contributed by atoms with Crippen molar-refractivity contribution < 1.29 is 14.3 Å². The van der Waals surface area contributed by atoms with E-state index in [1.54, 1.807) is 21.6 Å². The number of fused-ring (bicyclic) bond motifs is 1. The molecule has 230 valence electrons. The highest BCUT2D eigenvalue weighted by atomic mass is 35.5. The summed E-state index contributed by atoms with van der Waals surface area (Å²) in [5.74, 6) is -0.190. The molecular formula is C31H38Cl2N6O4. The molecule has 43 heavy (non-hydrogen) atoms. The molecule has 6 rings (SSSR count). The number of halogens is 2. The fourth-order valence-electron chi connectivity index (χ4n) is 6.68. The molecule has 0 aliphatic carbocycles. The van der Waals surface area contributed by atoms with Gasteiger partial charge in [0.1, 0.15) is 0 Å². The number of H-pyrrole nitrogens is 1. The third kappa shape index (κ3) is 6.72. The van der Waals surface area contributed by atoms with Crippen molar-refractivity contribution in [1.29, 1.82) is 0 Å². The molecule has 2 amide bonds. The van der Waals surface area contributed by atoms with Gasteiger partial charge in [0.05, 0.1) is 21.1 Å². The summed E-state index contributed by atoms with van der Waals surface area (Å²) in [6, 6.07) is 13.4. The van der Waals surface area contributed by atoms with Gasteiger partial charge in [-0.2, -0.15) is 0 Å². The largest absolute Gasteiger partial charge is 0.436 e. The van der Waals surface area contributed by atoms with E-state index in [9.17, 15) is 14.4 Å². The third-order valence-electron chi connectivity index (χ3n) is 9.09. The molecule has 3 aliphatic rings. The second-order valence-electron chi connectivity index (χ2n) is 11.7. The quantitative estimate of drug-likeness (QED) is 0.429. The van der Waals surface area contributed by atoms with E-state index in [1.807, 2.05) is 35.2 Å². The molecular weight excluding hydrogens is 591 g/mol. The molecule has 2 N–H and O–H groups in total. The number of piperidine rings is 2. The Morgan fingerprint density at radius 2 is 1.58 bits per heavy atom. The first-order valence-electron chi connectivity index (χ1n) is 15.2. The van der Waals surface area contributed by atoms with Gasteiger partial charge in [-0.15, -0.1) is 0 Å². The summed E-state index contributed by atoms with van der Waals surface area (Å²) in [5.41, 5.74) is 2.29. The highest BCUT2D eigenvalue weighted by molar-refractivity contribution is 6.42. The summed E-state index contributed by atoms with van der Waals surface area (Å²) in [4.78, 5) is 48.8. The Balaban J connectivity index is 1.11. The summed E-state index contributed by atoms with van der Waals surface area (Å²) in [6.45, 7) is 5.74. The van der Waals surface area contributed by atoms with Gasteiger partial charge >= 0.3 is 11.8 Å². The maximum atomic E-state index is 13.8. The van der Waals surface area contributed by atoms with Crippen LogP contribution in [0.2, 0.25) is 10.0 Å². The highest BCUT2D eigenvalue weighted by Crippen LogP contribution is 2.27. The van der Waals surface area contributed by atoms with Crippen molar-refractivity contribution >= 4 is 46.2 Å². The van der Waals surface area contributed by atoms with E-state index < -0.39 is 12.2 Å². The summed E-state index contributed by atoms with van der Waals surface area (Å²) in [6.07, 6.45) is 2.17. The summed E-state index contributed by atoms with van der Waals surface area (Å²) in [5, 5.41) is 4.23. The Kier molecular flexibility index (Phi) is 9.28. The lowest BCUT2D eigenvalue weighted by molar-refractivity contribution is -0.143. The van der Waals surface area contributed by atoms with Crippen molar-refractivity contribution in [3.63, 3.8) is 0 Å². The molecule has 3 aromatic rings. The number of piperazine rings is 1. The van der Waals surface area contributed by atoms with Crippen molar-refractivity contribution in [3.05, 3.63) is 68.6 Å². The van der Waals surface area contributed by atoms with Crippen molar-refractivity contribution in [2.75, 3.05) is 52.4 Å². The third-order valence-corrected chi connectivity index (χ3v) is 9.83. The van der Waals surface area contributed by atoms with Crippen LogP contribution in [0.3, 0.4) is 0 Å². The minimum absolute atomic E-state index is 0.0300. The molecule has 4 heterocycles. The van der Waals surface area contributed by atoms with E-state index in [4.69, 9.17) is 27.9 Å². The molecule has 0 radical (unpaired) electrons. The van der Waals surface area contributed by atoms with E-state index in [0.29, 0.717) is 55.1 Å². The van der Waals surface area contributed by atoms with Gasteiger partial charge < -0.3 is 24.8 Å². The number of likely N-dealkylation sites (tertiary alicyclic amines) is 1. The number of para-hydroxylation sites is 2. The van der Waals surface area contributed by atoms with E-state index in [1.165, 1.54) is 0 Å². The molecule has 3 aliphatic heterocycles. The van der Waals surface area contributed by atoms with Crippen molar-refractivity contribution in [3.8, 4) is 0 Å². The van der Waals surface area contributed by atoms with Crippen LogP contribution in [0.25, 0.3) is 11.0 Å². The molecule has 12 heteroatoms. The first-order chi connectivity index (χ1) is 20.9. The minimum Gasteiger partial charge on any atom is -0.436 e. The zero-order valence-corrected chi connectivity index (χ0v) is 25.7. The van der Waals surface area contributed by atoms with Gasteiger partial charge in [-0.05, 0) is 68.6 Å². The number of amides is 2. The van der Waals surface area contributed by atoms with E-state index in [-0.39, 0.29) is 24.1 Å². The molecule has 0 unspecified atom stereocenters. The monoisotopic (exact) mass is 628 g/mol. The van der Waals surface area contributed by atoms with Crippen molar-refractivity contribution in [1.82, 2.24) is 29.6 Å². The lowest BCUT2D eigenvalue weighted by Gasteiger charge is -2.41. The van der Waals surface area contributed by atoms with Crippen LogP contribution >= 0.6 is 23.2 Å². The van der Waals surface area contributed by atoms with Crippen LogP contribution in [-0.2, 0) is 16.0 Å². The maximum absolute atomic E-state index is 13.8. The van der Waals surface area contributed by atoms with Crippen LogP contribution in [0.1, 0.15) is 37.3 Å². The van der Waals surface area contributed by atoms with Gasteiger partial charge in [0.2, 0.25) is 0 Å². The van der Waals surface area contributed by atoms with Gasteiger partial charge in [-0.25, -0.2) is 9.59 Å². The number of nitrogens with one attached hydrogen (secondary N) is 2. The topological polar surface area (TPSA) is 103 Å². The van der Waals surface area contributed by atoms with Crippen LogP contribution in [0, 0.1) is 0 Å². The van der Waals surface area contributed by atoms with Gasteiger partial charge in [-0.1, -0.05) is 41.4 Å². The number of aromatic amines is 1. The normalized spacial score (nSPS) is 20.0.